The van der Waals surface area contributed by atoms with E-state index in [0.29, 0.717) is 11.3 Å². The zero-order valence-corrected chi connectivity index (χ0v) is 8.30. The third-order valence-electron chi connectivity index (χ3n) is 2.72. The molecule has 2 aliphatic rings. The zero-order valence-electron chi connectivity index (χ0n) is 7.49. The lowest BCUT2D eigenvalue weighted by Gasteiger charge is -2.28. The molecule has 0 aromatic heterocycles. The van der Waals surface area contributed by atoms with E-state index < -0.39 is 0 Å². The van der Waals surface area contributed by atoms with E-state index in [1.807, 2.05) is 12.1 Å². The lowest BCUT2D eigenvalue weighted by molar-refractivity contribution is 0.701. The average Bonchev–Trinajstić information content (AvgIpc) is 2.24. The van der Waals surface area contributed by atoms with Crippen LogP contribution in [0.4, 0.5) is 0 Å². The quantitative estimate of drug-likeness (QED) is 0.587. The molecule has 0 amide bonds. The Kier molecular flexibility index (Phi) is 1.58. The normalized spacial score (nSPS) is 17.3. The molecule has 0 spiro atoms. The maximum Gasteiger partial charge on any atom is 0.0930 e. The minimum atomic E-state index is 0.630. The second kappa shape index (κ2) is 2.79. The summed E-state index contributed by atoms with van der Waals surface area (Å²) in [7, 11) is 0. The van der Waals surface area contributed by atoms with Gasteiger partial charge >= 0.3 is 0 Å². The second-order valence-corrected chi connectivity index (χ2v) is 4.11. The monoisotopic (exact) mass is 200 g/mol. The number of rotatable bonds is 0. The van der Waals surface area contributed by atoms with E-state index in [1.54, 1.807) is 0 Å². The number of hydrogen-bond donors (Lipinski definition) is 0. The van der Waals surface area contributed by atoms with Crippen molar-refractivity contribution in [3.8, 4) is 0 Å². The van der Waals surface area contributed by atoms with Crippen molar-refractivity contribution in [2.45, 2.75) is 6.42 Å². The Labute approximate surface area is 85.8 Å². The maximum atomic E-state index is 10.9. The number of benzene rings is 1. The van der Waals surface area contributed by atoms with Gasteiger partial charge in [0.05, 0.1) is 16.1 Å². The molecule has 0 bridgehead atoms. The molecule has 0 heterocycles. The Morgan fingerprint density at radius 1 is 1.14 bits per heavy atom. The summed E-state index contributed by atoms with van der Waals surface area (Å²) < 4.78 is 10.9. The summed E-state index contributed by atoms with van der Waals surface area (Å²) in [6, 6.07) is 8.25. The molecule has 0 aliphatic heterocycles. The topological polar surface area (TPSA) is 17.1 Å². The first-order chi connectivity index (χ1) is 6.92. The Morgan fingerprint density at radius 2 is 1.93 bits per heavy atom. The van der Waals surface area contributed by atoms with Crippen molar-refractivity contribution in [1.29, 1.82) is 0 Å². The van der Waals surface area contributed by atoms with Gasteiger partial charge in [-0.05, 0) is 16.7 Å². The van der Waals surface area contributed by atoms with E-state index in [1.165, 1.54) is 22.3 Å². The highest BCUT2D eigenvalue weighted by Gasteiger charge is 2.28. The molecule has 0 saturated heterocycles. The van der Waals surface area contributed by atoms with Gasteiger partial charge in [0.2, 0.25) is 0 Å². The molecule has 1 aromatic carbocycles. The number of fused-ring (bicyclic) bond motifs is 3. The first-order valence-electron chi connectivity index (χ1n) is 4.58. The fraction of sp³-hybridized carbons (Fsp3) is 0.0833. The van der Waals surface area contributed by atoms with Crippen LogP contribution in [0.2, 0.25) is 0 Å². The SMILES string of the molecule is O=S=C1CC=CC2=C1c1ccccc12. The van der Waals surface area contributed by atoms with Crippen LogP contribution in [0.1, 0.15) is 17.5 Å². The first-order valence-corrected chi connectivity index (χ1v) is 5.32. The molecule has 68 valence electrons. The molecule has 0 radical (unpaired) electrons. The van der Waals surface area contributed by atoms with Gasteiger partial charge in [0, 0.05) is 12.0 Å². The summed E-state index contributed by atoms with van der Waals surface area (Å²) in [5.41, 5.74) is 4.95. The molecule has 0 N–H and O–H groups in total. The summed E-state index contributed by atoms with van der Waals surface area (Å²) in [6.45, 7) is 0. The van der Waals surface area contributed by atoms with Gasteiger partial charge in [-0.1, -0.05) is 36.4 Å². The third-order valence-corrected chi connectivity index (χ3v) is 3.30. The maximum absolute atomic E-state index is 10.9. The standard InChI is InChI=1S/C12H8OS/c13-14-11-7-3-6-10-8-4-1-2-5-9(8)12(10)11/h1-6H,7H2. The Hall–Kier alpha value is -1.41. The fourth-order valence-corrected chi connectivity index (χ4v) is 2.56. The lowest BCUT2D eigenvalue weighted by Crippen LogP contribution is -2.15. The van der Waals surface area contributed by atoms with Gasteiger partial charge in [0.25, 0.3) is 0 Å². The van der Waals surface area contributed by atoms with Gasteiger partial charge in [-0.25, -0.2) is 4.21 Å². The van der Waals surface area contributed by atoms with E-state index in [4.69, 9.17) is 0 Å². The molecular formula is C12H8OS. The van der Waals surface area contributed by atoms with Crippen LogP contribution in [0, 0.1) is 0 Å². The van der Waals surface area contributed by atoms with E-state index >= 15 is 0 Å². The van der Waals surface area contributed by atoms with Crippen LogP contribution >= 0.6 is 0 Å². The Morgan fingerprint density at radius 3 is 2.71 bits per heavy atom. The minimum absolute atomic E-state index is 0.630. The number of hydrogen-bond acceptors (Lipinski definition) is 1. The van der Waals surface area contributed by atoms with Crippen molar-refractivity contribution in [2.24, 2.45) is 0 Å². The molecular weight excluding hydrogens is 192 g/mol. The Bertz CT molecular complexity index is 531. The van der Waals surface area contributed by atoms with Crippen LogP contribution in [0.5, 0.6) is 0 Å². The molecule has 1 nitrogen and oxygen atoms in total. The minimum Gasteiger partial charge on any atom is -0.212 e. The van der Waals surface area contributed by atoms with Crippen LogP contribution in [0.25, 0.3) is 11.1 Å². The lowest BCUT2D eigenvalue weighted by atomic mass is 9.76. The summed E-state index contributed by atoms with van der Waals surface area (Å²) >= 11 is 0.630. The van der Waals surface area contributed by atoms with Crippen molar-refractivity contribution in [3.63, 3.8) is 0 Å². The summed E-state index contributed by atoms with van der Waals surface area (Å²) in [6.07, 6.45) is 4.98. The van der Waals surface area contributed by atoms with Gasteiger partial charge < -0.3 is 0 Å². The van der Waals surface area contributed by atoms with Crippen molar-refractivity contribution in [3.05, 3.63) is 47.5 Å². The number of allylic oxidation sites excluding steroid dienone is 4. The summed E-state index contributed by atoms with van der Waals surface area (Å²) in [4.78, 5) is 0.959. The van der Waals surface area contributed by atoms with Gasteiger partial charge in [-0.15, -0.1) is 0 Å². The van der Waals surface area contributed by atoms with Crippen molar-refractivity contribution in [1.82, 2.24) is 0 Å². The molecule has 14 heavy (non-hydrogen) atoms. The van der Waals surface area contributed by atoms with Crippen LogP contribution in [0.15, 0.2) is 36.4 Å². The highest BCUT2D eigenvalue weighted by atomic mass is 32.1. The van der Waals surface area contributed by atoms with Crippen LogP contribution in [-0.4, -0.2) is 9.07 Å². The molecule has 0 atom stereocenters. The third kappa shape index (κ3) is 0.863. The van der Waals surface area contributed by atoms with Crippen LogP contribution < -0.4 is 0 Å². The van der Waals surface area contributed by atoms with Gasteiger partial charge in [0.1, 0.15) is 0 Å². The van der Waals surface area contributed by atoms with E-state index in [0.717, 1.165) is 11.3 Å². The van der Waals surface area contributed by atoms with Crippen LogP contribution in [-0.2, 0) is 11.3 Å². The van der Waals surface area contributed by atoms with Crippen molar-refractivity contribution < 1.29 is 4.21 Å². The first kappa shape index (κ1) is 7.94. The summed E-state index contributed by atoms with van der Waals surface area (Å²) in [5, 5.41) is 0. The van der Waals surface area contributed by atoms with Gasteiger partial charge in [0.15, 0.2) is 0 Å². The van der Waals surface area contributed by atoms with Crippen molar-refractivity contribution >= 4 is 27.3 Å². The molecule has 3 rings (SSSR count). The molecule has 2 heteroatoms. The highest BCUT2D eigenvalue weighted by molar-refractivity contribution is 7.67. The van der Waals surface area contributed by atoms with E-state index in [-0.39, 0.29) is 0 Å². The summed E-state index contributed by atoms with van der Waals surface area (Å²) in [5.74, 6) is 0. The van der Waals surface area contributed by atoms with Gasteiger partial charge in [-0.2, -0.15) is 0 Å². The molecule has 1 aromatic rings. The van der Waals surface area contributed by atoms with Crippen LogP contribution in [0.3, 0.4) is 0 Å². The van der Waals surface area contributed by atoms with Crippen molar-refractivity contribution in [2.75, 3.05) is 0 Å². The van der Waals surface area contributed by atoms with E-state index in [2.05, 4.69) is 24.3 Å². The van der Waals surface area contributed by atoms with E-state index in [9.17, 15) is 4.21 Å². The van der Waals surface area contributed by atoms with Gasteiger partial charge in [-0.3, -0.25) is 0 Å². The molecule has 0 unspecified atom stereocenters. The second-order valence-electron chi connectivity index (χ2n) is 3.45. The molecule has 0 fully saturated rings. The largest absolute Gasteiger partial charge is 0.212 e. The Balaban J connectivity index is 2.26. The fourth-order valence-electron chi connectivity index (χ4n) is 2.09. The predicted octanol–water partition coefficient (Wildman–Crippen LogP) is 2.26. The zero-order chi connectivity index (χ0) is 9.54. The smallest absolute Gasteiger partial charge is 0.0930 e. The molecule has 0 saturated carbocycles. The average molecular weight is 200 g/mol. The predicted molar refractivity (Wildman–Crippen MR) is 60.2 cm³/mol. The highest BCUT2D eigenvalue weighted by Crippen LogP contribution is 2.44. The molecule has 2 aliphatic carbocycles.